The summed E-state index contributed by atoms with van der Waals surface area (Å²) >= 11 is 1.50. The maximum atomic E-state index is 12.3. The maximum Gasteiger partial charge on any atom is 0.226 e. The topological polar surface area (TPSA) is 54.0 Å². The zero-order valence-electron chi connectivity index (χ0n) is 13.9. The summed E-state index contributed by atoms with van der Waals surface area (Å²) in [5, 5.41) is 9.32. The summed E-state index contributed by atoms with van der Waals surface area (Å²) in [4.78, 5) is 16.9. The molecule has 126 valence electrons. The van der Waals surface area contributed by atoms with Gasteiger partial charge in [-0.1, -0.05) is 29.8 Å². The van der Waals surface area contributed by atoms with Gasteiger partial charge in [-0.3, -0.25) is 4.79 Å². The Labute approximate surface area is 146 Å². The number of carbonyl (C=O) groups is 1. The molecule has 0 radical (unpaired) electrons. The lowest BCUT2D eigenvalue weighted by Gasteiger charge is -2.28. The number of aromatic nitrogens is 1. The normalized spacial score (nSPS) is 25.6. The highest BCUT2D eigenvalue weighted by Gasteiger charge is 2.34. The molecule has 2 aliphatic heterocycles. The van der Waals surface area contributed by atoms with Gasteiger partial charge in [-0.15, -0.1) is 11.3 Å². The van der Waals surface area contributed by atoms with Gasteiger partial charge < -0.3 is 10.6 Å². The molecule has 2 saturated heterocycles. The second-order valence-electron chi connectivity index (χ2n) is 7.13. The van der Waals surface area contributed by atoms with Crippen LogP contribution in [-0.2, 0) is 4.79 Å². The molecule has 1 amide bonds. The van der Waals surface area contributed by atoms with Gasteiger partial charge in [-0.25, -0.2) is 4.98 Å². The van der Waals surface area contributed by atoms with Crippen molar-refractivity contribution in [2.75, 3.05) is 5.32 Å². The zero-order chi connectivity index (χ0) is 16.5. The van der Waals surface area contributed by atoms with E-state index in [4.69, 9.17) is 0 Å². The van der Waals surface area contributed by atoms with Gasteiger partial charge in [-0.05, 0) is 38.5 Å². The van der Waals surface area contributed by atoms with Crippen molar-refractivity contribution in [3.8, 4) is 11.3 Å². The van der Waals surface area contributed by atoms with Crippen molar-refractivity contribution in [2.24, 2.45) is 5.92 Å². The van der Waals surface area contributed by atoms with Crippen LogP contribution in [0.1, 0.15) is 37.7 Å². The highest BCUT2D eigenvalue weighted by Crippen LogP contribution is 2.33. The van der Waals surface area contributed by atoms with Gasteiger partial charge in [-0.2, -0.15) is 0 Å². The predicted molar refractivity (Wildman–Crippen MR) is 98.2 cm³/mol. The lowest BCUT2D eigenvalue weighted by Crippen LogP contribution is -2.39. The van der Waals surface area contributed by atoms with Crippen LogP contribution in [-0.4, -0.2) is 23.0 Å². The summed E-state index contributed by atoms with van der Waals surface area (Å²) in [6.07, 6.45) is 5.44. The van der Waals surface area contributed by atoms with Crippen molar-refractivity contribution >= 4 is 22.4 Å². The van der Waals surface area contributed by atoms with Gasteiger partial charge in [0, 0.05) is 29.4 Å². The summed E-state index contributed by atoms with van der Waals surface area (Å²) in [7, 11) is 0. The van der Waals surface area contributed by atoms with Crippen molar-refractivity contribution in [1.29, 1.82) is 0 Å². The third-order valence-corrected chi connectivity index (χ3v) is 5.90. The fourth-order valence-electron chi connectivity index (χ4n) is 3.96. The standard InChI is InChI=1S/C19H23N3OS/c1-12-2-4-14(5-3-12)17-11-24-19(21-17)22-18(23)10-13-8-15-6-7-16(9-13)20-15/h2-5,11,13,15-16,20H,6-10H2,1H3,(H,21,22,23). The lowest BCUT2D eigenvalue weighted by molar-refractivity contribution is -0.117. The van der Waals surface area contributed by atoms with E-state index in [1.807, 2.05) is 5.38 Å². The molecule has 3 heterocycles. The van der Waals surface area contributed by atoms with E-state index in [1.165, 1.54) is 29.7 Å². The summed E-state index contributed by atoms with van der Waals surface area (Å²) in [5.41, 5.74) is 3.25. The first-order valence-corrected chi connectivity index (χ1v) is 9.62. The number of nitrogens with one attached hydrogen (secondary N) is 2. The van der Waals surface area contributed by atoms with Crippen molar-refractivity contribution in [2.45, 2.75) is 51.1 Å². The van der Waals surface area contributed by atoms with E-state index >= 15 is 0 Å². The van der Waals surface area contributed by atoms with E-state index in [0.717, 1.165) is 24.1 Å². The molecular weight excluding hydrogens is 318 g/mol. The molecule has 5 heteroatoms. The van der Waals surface area contributed by atoms with E-state index in [0.29, 0.717) is 29.6 Å². The molecule has 2 bridgehead atoms. The lowest BCUT2D eigenvalue weighted by atomic mass is 9.89. The molecule has 4 rings (SSSR count). The number of aryl methyl sites for hydroxylation is 1. The number of nitrogens with zero attached hydrogens (tertiary/aromatic N) is 1. The first-order valence-electron chi connectivity index (χ1n) is 8.74. The van der Waals surface area contributed by atoms with E-state index in [1.54, 1.807) is 0 Å². The molecule has 2 aliphatic rings. The Morgan fingerprint density at radius 1 is 1.25 bits per heavy atom. The van der Waals surface area contributed by atoms with Crippen LogP contribution in [0.4, 0.5) is 5.13 Å². The smallest absolute Gasteiger partial charge is 0.226 e. The Kier molecular flexibility index (Phi) is 4.37. The van der Waals surface area contributed by atoms with Crippen LogP contribution in [0.25, 0.3) is 11.3 Å². The van der Waals surface area contributed by atoms with Gasteiger partial charge in [0.25, 0.3) is 0 Å². The van der Waals surface area contributed by atoms with Crippen LogP contribution in [0.2, 0.25) is 0 Å². The molecule has 2 N–H and O–H groups in total. The maximum absolute atomic E-state index is 12.3. The number of amides is 1. The Morgan fingerprint density at radius 2 is 1.96 bits per heavy atom. The molecule has 2 unspecified atom stereocenters. The summed E-state index contributed by atoms with van der Waals surface area (Å²) in [6.45, 7) is 2.07. The summed E-state index contributed by atoms with van der Waals surface area (Å²) in [5.74, 6) is 0.617. The Bertz CT molecular complexity index is 712. The Balaban J connectivity index is 1.35. The second-order valence-corrected chi connectivity index (χ2v) is 7.99. The fraction of sp³-hybridized carbons (Fsp3) is 0.474. The van der Waals surface area contributed by atoms with Crippen LogP contribution >= 0.6 is 11.3 Å². The third kappa shape index (κ3) is 3.52. The molecule has 1 aromatic carbocycles. The first-order chi connectivity index (χ1) is 11.7. The van der Waals surface area contributed by atoms with E-state index in [2.05, 4.69) is 46.8 Å². The number of hydrogen-bond acceptors (Lipinski definition) is 4. The number of thiazole rings is 1. The van der Waals surface area contributed by atoms with Gasteiger partial charge >= 0.3 is 0 Å². The predicted octanol–water partition coefficient (Wildman–Crippen LogP) is 3.98. The molecule has 2 aromatic rings. The minimum absolute atomic E-state index is 0.103. The fourth-order valence-corrected chi connectivity index (χ4v) is 4.70. The van der Waals surface area contributed by atoms with Crippen LogP contribution < -0.4 is 10.6 Å². The number of rotatable bonds is 4. The van der Waals surface area contributed by atoms with Crippen molar-refractivity contribution in [3.05, 3.63) is 35.2 Å². The number of fused-ring (bicyclic) bond motifs is 2. The van der Waals surface area contributed by atoms with Gasteiger partial charge in [0.2, 0.25) is 5.91 Å². The van der Waals surface area contributed by atoms with Crippen molar-refractivity contribution < 1.29 is 4.79 Å². The van der Waals surface area contributed by atoms with Crippen LogP contribution in [0, 0.1) is 12.8 Å². The molecule has 0 spiro atoms. The molecule has 2 atom stereocenters. The molecule has 4 nitrogen and oxygen atoms in total. The van der Waals surface area contributed by atoms with E-state index < -0.39 is 0 Å². The highest BCUT2D eigenvalue weighted by molar-refractivity contribution is 7.14. The van der Waals surface area contributed by atoms with Gasteiger partial charge in [0.15, 0.2) is 5.13 Å². The van der Waals surface area contributed by atoms with Crippen molar-refractivity contribution in [3.63, 3.8) is 0 Å². The second kappa shape index (κ2) is 6.65. The largest absolute Gasteiger partial charge is 0.311 e. The molecule has 1 aromatic heterocycles. The SMILES string of the molecule is Cc1ccc(-c2csc(NC(=O)CC3CC4CCC(C3)N4)n2)cc1. The number of benzene rings is 1. The number of anilines is 1. The first kappa shape index (κ1) is 15.8. The highest BCUT2D eigenvalue weighted by atomic mass is 32.1. The number of carbonyl (C=O) groups excluding carboxylic acids is 1. The average Bonchev–Trinajstić information content (AvgIpc) is 3.14. The Hall–Kier alpha value is -1.72. The quantitative estimate of drug-likeness (QED) is 0.884. The minimum atomic E-state index is 0.103. The number of piperidine rings is 1. The third-order valence-electron chi connectivity index (χ3n) is 5.14. The van der Waals surface area contributed by atoms with E-state index in [-0.39, 0.29) is 5.91 Å². The van der Waals surface area contributed by atoms with Gasteiger partial charge in [0.05, 0.1) is 5.69 Å². The van der Waals surface area contributed by atoms with Crippen LogP contribution in [0.5, 0.6) is 0 Å². The molecular formula is C19H23N3OS. The number of hydrogen-bond donors (Lipinski definition) is 2. The minimum Gasteiger partial charge on any atom is -0.311 e. The van der Waals surface area contributed by atoms with Crippen molar-refractivity contribution in [1.82, 2.24) is 10.3 Å². The molecule has 0 saturated carbocycles. The van der Waals surface area contributed by atoms with Gasteiger partial charge in [0.1, 0.15) is 0 Å². The molecule has 24 heavy (non-hydrogen) atoms. The summed E-state index contributed by atoms with van der Waals surface area (Å²) < 4.78 is 0. The Morgan fingerprint density at radius 3 is 2.67 bits per heavy atom. The van der Waals surface area contributed by atoms with Crippen LogP contribution in [0.15, 0.2) is 29.6 Å². The zero-order valence-corrected chi connectivity index (χ0v) is 14.7. The van der Waals surface area contributed by atoms with Crippen LogP contribution in [0.3, 0.4) is 0 Å². The molecule has 0 aliphatic carbocycles. The molecule has 2 fully saturated rings. The summed E-state index contributed by atoms with van der Waals surface area (Å²) in [6, 6.07) is 9.57. The van der Waals surface area contributed by atoms with E-state index in [9.17, 15) is 4.79 Å². The average molecular weight is 341 g/mol. The monoisotopic (exact) mass is 341 g/mol.